The number of carbonyl (C=O) groups excluding carboxylic acids is 2. The molecule has 0 spiro atoms. The van der Waals surface area contributed by atoms with E-state index >= 15 is 0 Å². The Hall–Kier alpha value is -1.94. The number of allylic oxidation sites excluding steroid dienone is 3. The first kappa shape index (κ1) is 37.2. The SMILES string of the molecule is CC[C@H](OC)C(C)OC(C)(C)C[C@H](C)/C=C/C=C(\C)[C@H]1O[C@@H](CNC(=O)CCOCCOC(=O)N2CCCC2)CC[C@@H]1C. The molecule has 0 aromatic carbocycles. The topological polar surface area (TPSA) is 95.6 Å². The number of amides is 2. The van der Waals surface area contributed by atoms with Gasteiger partial charge in [0.2, 0.25) is 5.91 Å². The summed E-state index contributed by atoms with van der Waals surface area (Å²) in [7, 11) is 1.74. The van der Waals surface area contributed by atoms with Gasteiger partial charge in [0.1, 0.15) is 6.61 Å². The minimum Gasteiger partial charge on any atom is -0.447 e. The number of nitrogens with one attached hydrogen (secondary N) is 1. The molecule has 0 saturated carbocycles. The smallest absolute Gasteiger partial charge is 0.409 e. The second kappa shape index (κ2) is 19.4. The maximum atomic E-state index is 12.3. The Bertz CT molecular complexity index is 880. The van der Waals surface area contributed by atoms with E-state index in [0.717, 1.165) is 51.6 Å². The molecule has 6 atom stereocenters. The van der Waals surface area contributed by atoms with Crippen molar-refractivity contribution in [3.63, 3.8) is 0 Å². The molecule has 0 bridgehead atoms. The van der Waals surface area contributed by atoms with Crippen LogP contribution in [0.1, 0.15) is 93.4 Å². The van der Waals surface area contributed by atoms with Crippen LogP contribution in [-0.4, -0.2) is 93.5 Å². The highest BCUT2D eigenvalue weighted by Gasteiger charge is 2.30. The van der Waals surface area contributed by atoms with Crippen LogP contribution < -0.4 is 5.32 Å². The van der Waals surface area contributed by atoms with Gasteiger partial charge in [-0.25, -0.2) is 4.79 Å². The summed E-state index contributed by atoms with van der Waals surface area (Å²) < 4.78 is 29.0. The number of rotatable bonds is 18. The molecule has 2 fully saturated rings. The van der Waals surface area contributed by atoms with E-state index in [4.69, 9.17) is 23.7 Å². The van der Waals surface area contributed by atoms with Crippen molar-refractivity contribution >= 4 is 12.0 Å². The predicted octanol–water partition coefficient (Wildman–Crippen LogP) is 6.06. The molecule has 2 aliphatic rings. The second-order valence-corrected chi connectivity index (χ2v) is 13.0. The first-order chi connectivity index (χ1) is 20.5. The molecule has 248 valence electrons. The molecule has 2 aliphatic heterocycles. The lowest BCUT2D eigenvalue weighted by Crippen LogP contribution is -2.41. The van der Waals surface area contributed by atoms with Crippen molar-refractivity contribution in [1.29, 1.82) is 0 Å². The standard InChI is InChI=1S/C34H60N2O7/c1-9-30(39-8)28(5)43-34(6,7)23-25(2)13-12-14-26(3)32-27(4)15-16-29(42-32)24-35-31(37)17-20-40-21-22-41-33(38)36-18-10-11-19-36/h12-14,25,27-30,32H,9-11,15-24H2,1-8H3,(H,35,37)/b13-12+,26-14+/t25-,27+,28?,29-,30+,32-/m1/s1. The van der Waals surface area contributed by atoms with Crippen LogP contribution in [0.2, 0.25) is 0 Å². The maximum Gasteiger partial charge on any atom is 0.409 e. The highest BCUT2D eigenvalue weighted by molar-refractivity contribution is 5.75. The number of nitrogens with zero attached hydrogens (tertiary/aromatic N) is 1. The maximum absolute atomic E-state index is 12.3. The quantitative estimate of drug-likeness (QED) is 0.149. The largest absolute Gasteiger partial charge is 0.447 e. The average Bonchev–Trinajstić information content (AvgIpc) is 3.49. The van der Waals surface area contributed by atoms with Crippen LogP contribution in [0.3, 0.4) is 0 Å². The molecule has 0 aromatic rings. The molecule has 9 nitrogen and oxygen atoms in total. The van der Waals surface area contributed by atoms with Crippen molar-refractivity contribution in [1.82, 2.24) is 10.2 Å². The minimum absolute atomic E-state index is 0.0127. The normalized spacial score (nSPS) is 23.8. The van der Waals surface area contributed by atoms with Gasteiger partial charge in [0.15, 0.2) is 0 Å². The molecule has 43 heavy (non-hydrogen) atoms. The third-order valence-electron chi connectivity index (χ3n) is 8.41. The van der Waals surface area contributed by atoms with E-state index in [0.29, 0.717) is 25.0 Å². The molecule has 1 unspecified atom stereocenters. The fraction of sp³-hybridized carbons (Fsp3) is 0.824. The van der Waals surface area contributed by atoms with Gasteiger partial charge in [0.25, 0.3) is 0 Å². The Morgan fingerprint density at radius 1 is 1.12 bits per heavy atom. The highest BCUT2D eigenvalue weighted by Crippen LogP contribution is 2.29. The number of methoxy groups -OCH3 is 1. The molecule has 0 aliphatic carbocycles. The summed E-state index contributed by atoms with van der Waals surface area (Å²) in [5.74, 6) is 0.712. The molecular formula is C34H60N2O7. The Labute approximate surface area is 261 Å². The van der Waals surface area contributed by atoms with E-state index in [2.05, 4.69) is 72.0 Å². The highest BCUT2D eigenvalue weighted by atomic mass is 16.6. The van der Waals surface area contributed by atoms with Gasteiger partial charge in [-0.05, 0) is 83.6 Å². The van der Waals surface area contributed by atoms with E-state index in [1.54, 1.807) is 12.0 Å². The zero-order chi connectivity index (χ0) is 31.8. The summed E-state index contributed by atoms with van der Waals surface area (Å²) >= 11 is 0. The molecule has 9 heteroatoms. The first-order valence-corrected chi connectivity index (χ1v) is 16.4. The van der Waals surface area contributed by atoms with Crippen molar-refractivity contribution in [2.24, 2.45) is 11.8 Å². The Balaban J connectivity index is 1.68. The van der Waals surface area contributed by atoms with Crippen LogP contribution in [0.15, 0.2) is 23.8 Å². The lowest BCUT2D eigenvalue weighted by atomic mass is 9.89. The Morgan fingerprint density at radius 3 is 2.51 bits per heavy atom. The van der Waals surface area contributed by atoms with Crippen LogP contribution in [-0.2, 0) is 28.5 Å². The van der Waals surface area contributed by atoms with Crippen molar-refractivity contribution in [3.05, 3.63) is 23.8 Å². The lowest BCUT2D eigenvalue weighted by molar-refractivity contribution is -0.125. The monoisotopic (exact) mass is 608 g/mol. The number of carbonyl (C=O) groups is 2. The van der Waals surface area contributed by atoms with Gasteiger partial charge >= 0.3 is 6.09 Å². The average molecular weight is 609 g/mol. The van der Waals surface area contributed by atoms with E-state index in [1.165, 1.54) is 5.57 Å². The molecule has 0 aromatic heterocycles. The number of hydrogen-bond donors (Lipinski definition) is 1. The van der Waals surface area contributed by atoms with Gasteiger partial charge in [-0.3, -0.25) is 4.79 Å². The van der Waals surface area contributed by atoms with Gasteiger partial charge in [-0.2, -0.15) is 0 Å². The number of hydrogen-bond acceptors (Lipinski definition) is 7. The Kier molecular flexibility index (Phi) is 16.8. The van der Waals surface area contributed by atoms with Crippen LogP contribution in [0.4, 0.5) is 4.79 Å². The van der Waals surface area contributed by atoms with E-state index in [1.807, 2.05) is 0 Å². The summed E-state index contributed by atoms with van der Waals surface area (Å²) in [5.41, 5.74) is 0.946. The van der Waals surface area contributed by atoms with Gasteiger partial charge in [0.05, 0.1) is 43.2 Å². The van der Waals surface area contributed by atoms with E-state index in [-0.39, 0.29) is 61.7 Å². The fourth-order valence-electron chi connectivity index (χ4n) is 6.13. The molecule has 2 heterocycles. The summed E-state index contributed by atoms with van der Waals surface area (Å²) in [5, 5.41) is 2.99. The van der Waals surface area contributed by atoms with Crippen LogP contribution in [0, 0.1) is 11.8 Å². The Morgan fingerprint density at radius 2 is 1.84 bits per heavy atom. The number of likely N-dealkylation sites (tertiary alicyclic amines) is 1. The molecule has 0 radical (unpaired) electrons. The minimum atomic E-state index is -0.280. The predicted molar refractivity (Wildman–Crippen MR) is 170 cm³/mol. The van der Waals surface area contributed by atoms with Crippen molar-refractivity contribution in [2.75, 3.05) is 46.6 Å². The molecule has 2 saturated heterocycles. The van der Waals surface area contributed by atoms with Gasteiger partial charge in [-0.1, -0.05) is 39.0 Å². The third-order valence-corrected chi connectivity index (χ3v) is 8.41. The summed E-state index contributed by atoms with van der Waals surface area (Å²) in [4.78, 5) is 25.9. The second-order valence-electron chi connectivity index (χ2n) is 13.0. The summed E-state index contributed by atoms with van der Waals surface area (Å²) in [6.45, 7) is 17.9. The van der Waals surface area contributed by atoms with Crippen LogP contribution in [0.25, 0.3) is 0 Å². The van der Waals surface area contributed by atoms with Gasteiger partial charge in [0, 0.05) is 33.2 Å². The van der Waals surface area contributed by atoms with E-state index < -0.39 is 0 Å². The third kappa shape index (κ3) is 14.1. The number of ether oxygens (including phenoxy) is 5. The lowest BCUT2D eigenvalue weighted by Gasteiger charge is -2.35. The summed E-state index contributed by atoms with van der Waals surface area (Å²) in [6, 6.07) is 0. The van der Waals surface area contributed by atoms with Gasteiger partial charge < -0.3 is 33.9 Å². The van der Waals surface area contributed by atoms with Crippen LogP contribution >= 0.6 is 0 Å². The van der Waals surface area contributed by atoms with Crippen molar-refractivity contribution in [2.45, 2.75) is 123 Å². The van der Waals surface area contributed by atoms with Gasteiger partial charge in [-0.15, -0.1) is 0 Å². The fourth-order valence-corrected chi connectivity index (χ4v) is 6.13. The molecule has 2 rings (SSSR count). The summed E-state index contributed by atoms with van der Waals surface area (Å²) in [6.07, 6.45) is 12.6. The molecule has 1 N–H and O–H groups in total. The van der Waals surface area contributed by atoms with Crippen molar-refractivity contribution in [3.8, 4) is 0 Å². The zero-order valence-electron chi connectivity index (χ0n) is 28.2. The van der Waals surface area contributed by atoms with Crippen molar-refractivity contribution < 1.29 is 33.3 Å². The first-order valence-electron chi connectivity index (χ1n) is 16.4. The van der Waals surface area contributed by atoms with E-state index in [9.17, 15) is 9.59 Å². The van der Waals surface area contributed by atoms with Crippen LogP contribution in [0.5, 0.6) is 0 Å². The molecule has 2 amide bonds. The molecular weight excluding hydrogens is 548 g/mol. The zero-order valence-corrected chi connectivity index (χ0v) is 28.2.